The number of rotatable bonds is 1. The second-order valence-electron chi connectivity index (χ2n) is 2.36. The average molecular weight is 178 g/mol. The van der Waals surface area contributed by atoms with Crippen LogP contribution < -0.4 is 5.56 Å². The lowest BCUT2D eigenvalue weighted by Gasteiger charge is -1.96. The number of pyridine rings is 1. The second kappa shape index (κ2) is 3.55. The number of aryl methyl sites for hydroxylation is 1. The molecule has 0 radical (unpaired) electrons. The Bertz CT molecular complexity index is 442. The maximum absolute atomic E-state index is 11.0. The number of carbonyl (C=O) groups is 1. The molecule has 6 heteroatoms. The van der Waals surface area contributed by atoms with E-state index >= 15 is 0 Å². The smallest absolute Gasteiger partial charge is 0.250 e. The highest BCUT2D eigenvalue weighted by Gasteiger charge is 2.03. The molecule has 0 aliphatic rings. The number of carbonyl (C=O) groups excluding carboxylic acids is 1. The molecule has 0 spiro atoms. The molecule has 66 valence electrons. The van der Waals surface area contributed by atoms with E-state index in [1.807, 2.05) is 0 Å². The summed E-state index contributed by atoms with van der Waals surface area (Å²) in [6, 6.07) is 2.54. The molecule has 0 saturated carbocycles. The third-order valence-corrected chi connectivity index (χ3v) is 1.49. The first-order valence-electron chi connectivity index (χ1n) is 3.41. The molecule has 1 amide bonds. The maximum atomic E-state index is 11.0. The van der Waals surface area contributed by atoms with Gasteiger partial charge < -0.3 is 4.57 Å². The molecule has 0 unspecified atom stereocenters. The summed E-state index contributed by atoms with van der Waals surface area (Å²) in [7, 11) is 1.56. The summed E-state index contributed by atoms with van der Waals surface area (Å²) in [5.74, 6) is -0.750. The normalized spacial score (nSPS) is 9.00. The van der Waals surface area contributed by atoms with Gasteiger partial charge in [0, 0.05) is 29.8 Å². The monoisotopic (exact) mass is 178 g/mol. The quantitative estimate of drug-likeness (QED) is 0.362. The second-order valence-corrected chi connectivity index (χ2v) is 2.36. The van der Waals surface area contributed by atoms with Gasteiger partial charge in [-0.15, -0.1) is 0 Å². The highest BCUT2D eigenvalue weighted by molar-refractivity contribution is 5.94. The minimum atomic E-state index is -0.750. The Morgan fingerprint density at radius 3 is 2.92 bits per heavy atom. The summed E-state index contributed by atoms with van der Waals surface area (Å²) in [5.41, 5.74) is 7.75. The van der Waals surface area contributed by atoms with Gasteiger partial charge in [-0.05, 0) is 16.7 Å². The van der Waals surface area contributed by atoms with Crippen molar-refractivity contribution in [1.82, 2.24) is 4.57 Å². The molecule has 0 aromatic carbocycles. The van der Waals surface area contributed by atoms with Gasteiger partial charge >= 0.3 is 0 Å². The highest BCUT2D eigenvalue weighted by Crippen LogP contribution is 1.96. The predicted molar refractivity (Wildman–Crippen MR) is 45.2 cm³/mol. The zero-order valence-corrected chi connectivity index (χ0v) is 6.84. The fraction of sp³-hybridized carbons (Fsp3) is 0.143. The van der Waals surface area contributed by atoms with Crippen LogP contribution >= 0.6 is 0 Å². The van der Waals surface area contributed by atoms with Gasteiger partial charge in [0.25, 0.3) is 5.56 Å². The fourth-order valence-corrected chi connectivity index (χ4v) is 0.780. The lowest BCUT2D eigenvalue weighted by molar-refractivity contribution is 0.1000. The van der Waals surface area contributed by atoms with Crippen molar-refractivity contribution in [2.24, 2.45) is 12.2 Å². The van der Waals surface area contributed by atoms with Gasteiger partial charge in [-0.2, -0.15) is 0 Å². The van der Waals surface area contributed by atoms with Crippen molar-refractivity contribution >= 4 is 5.91 Å². The first-order valence-corrected chi connectivity index (χ1v) is 3.41. The van der Waals surface area contributed by atoms with Crippen LogP contribution in [0.5, 0.6) is 0 Å². The van der Waals surface area contributed by atoms with E-state index in [0.717, 1.165) is 6.07 Å². The molecule has 1 rings (SSSR count). The predicted octanol–water partition coefficient (Wildman–Crippen LogP) is 0.836. The average Bonchev–Trinajstić information content (AvgIpc) is 2.10. The fourth-order valence-electron chi connectivity index (χ4n) is 0.780. The SMILES string of the molecule is Cn1ccc(C(=O)N=[N+]=[N-])cc1=O. The summed E-state index contributed by atoms with van der Waals surface area (Å²) in [5, 5.41) is 2.86. The van der Waals surface area contributed by atoms with Crippen LogP contribution in [0.3, 0.4) is 0 Å². The topological polar surface area (TPSA) is 87.8 Å². The molecule has 0 N–H and O–H groups in total. The molecule has 0 saturated heterocycles. The Morgan fingerprint density at radius 2 is 2.38 bits per heavy atom. The van der Waals surface area contributed by atoms with E-state index in [4.69, 9.17) is 5.53 Å². The molecule has 0 fully saturated rings. The van der Waals surface area contributed by atoms with Crippen LogP contribution in [0.1, 0.15) is 10.4 Å². The Labute approximate surface area is 73.0 Å². The molecule has 6 nitrogen and oxygen atoms in total. The first kappa shape index (κ1) is 9.02. The van der Waals surface area contributed by atoms with Crippen molar-refractivity contribution < 1.29 is 4.79 Å². The molecular weight excluding hydrogens is 172 g/mol. The van der Waals surface area contributed by atoms with E-state index in [2.05, 4.69) is 10.0 Å². The van der Waals surface area contributed by atoms with E-state index in [0.29, 0.717) is 0 Å². The number of nitrogens with zero attached hydrogens (tertiary/aromatic N) is 4. The van der Waals surface area contributed by atoms with Crippen LogP contribution in [0.2, 0.25) is 0 Å². The maximum Gasteiger partial charge on any atom is 0.250 e. The van der Waals surface area contributed by atoms with Gasteiger partial charge in [0.2, 0.25) is 5.91 Å². The van der Waals surface area contributed by atoms with E-state index < -0.39 is 5.91 Å². The molecule has 0 aliphatic heterocycles. The summed E-state index contributed by atoms with van der Waals surface area (Å²) in [6.45, 7) is 0. The van der Waals surface area contributed by atoms with Gasteiger partial charge in [-0.3, -0.25) is 9.59 Å². The number of hydrogen-bond acceptors (Lipinski definition) is 2. The van der Waals surface area contributed by atoms with Crippen LogP contribution in [0.25, 0.3) is 10.4 Å². The largest absolute Gasteiger partial charge is 0.319 e. The molecule has 1 aromatic heterocycles. The van der Waals surface area contributed by atoms with Crippen molar-refractivity contribution in [3.8, 4) is 0 Å². The first-order chi connectivity index (χ1) is 6.15. The van der Waals surface area contributed by atoms with Crippen LogP contribution in [-0.4, -0.2) is 10.5 Å². The van der Waals surface area contributed by atoms with Gasteiger partial charge in [0.05, 0.1) is 0 Å². The Kier molecular flexibility index (Phi) is 2.47. The zero-order chi connectivity index (χ0) is 9.84. The lowest BCUT2D eigenvalue weighted by atomic mass is 10.2. The van der Waals surface area contributed by atoms with E-state index in [9.17, 15) is 9.59 Å². The third-order valence-electron chi connectivity index (χ3n) is 1.49. The van der Waals surface area contributed by atoms with Crippen LogP contribution in [0.4, 0.5) is 0 Å². The van der Waals surface area contributed by atoms with E-state index in [1.54, 1.807) is 7.05 Å². The van der Waals surface area contributed by atoms with Crippen molar-refractivity contribution in [2.45, 2.75) is 0 Å². The van der Waals surface area contributed by atoms with Gasteiger partial charge in [0.1, 0.15) is 0 Å². The number of amides is 1. The minimum absolute atomic E-state index is 0.0981. The molecule has 1 aromatic rings. The lowest BCUT2D eigenvalue weighted by Crippen LogP contribution is -2.16. The van der Waals surface area contributed by atoms with Crippen LogP contribution in [-0.2, 0) is 7.05 Å². The van der Waals surface area contributed by atoms with E-state index in [-0.39, 0.29) is 11.1 Å². The molecule has 0 bridgehead atoms. The van der Waals surface area contributed by atoms with Crippen molar-refractivity contribution in [3.05, 3.63) is 44.7 Å². The molecule has 0 atom stereocenters. The van der Waals surface area contributed by atoms with Crippen molar-refractivity contribution in [3.63, 3.8) is 0 Å². The van der Waals surface area contributed by atoms with Crippen molar-refractivity contribution in [2.75, 3.05) is 0 Å². The molecule has 13 heavy (non-hydrogen) atoms. The standard InChI is InChI=1S/C7H6N4O2/c1-11-3-2-5(4-6(11)12)7(13)9-10-8/h2-4H,1H3. The van der Waals surface area contributed by atoms with Crippen LogP contribution in [0.15, 0.2) is 28.2 Å². The minimum Gasteiger partial charge on any atom is -0.319 e. The van der Waals surface area contributed by atoms with Gasteiger partial charge in [0.15, 0.2) is 0 Å². The summed E-state index contributed by atoms with van der Waals surface area (Å²) >= 11 is 0. The van der Waals surface area contributed by atoms with Gasteiger partial charge in [-0.1, -0.05) is 0 Å². The summed E-state index contributed by atoms with van der Waals surface area (Å²) in [6.07, 6.45) is 1.43. The third kappa shape index (κ3) is 1.94. The van der Waals surface area contributed by atoms with Crippen LogP contribution in [0, 0.1) is 0 Å². The molecule has 0 aliphatic carbocycles. The number of hydrogen-bond donors (Lipinski definition) is 0. The number of aromatic nitrogens is 1. The Morgan fingerprint density at radius 1 is 1.69 bits per heavy atom. The molecular formula is C7H6N4O2. The Balaban J connectivity index is 3.18. The summed E-state index contributed by atoms with van der Waals surface area (Å²) < 4.78 is 1.31. The molecule has 1 heterocycles. The van der Waals surface area contributed by atoms with E-state index in [1.165, 1.54) is 16.8 Å². The van der Waals surface area contributed by atoms with Gasteiger partial charge in [-0.25, -0.2) is 0 Å². The number of azide groups is 1. The Hall–Kier alpha value is -2.07. The zero-order valence-electron chi connectivity index (χ0n) is 6.84. The summed E-state index contributed by atoms with van der Waals surface area (Å²) in [4.78, 5) is 24.3. The highest BCUT2D eigenvalue weighted by atomic mass is 16.2. The van der Waals surface area contributed by atoms with Crippen molar-refractivity contribution in [1.29, 1.82) is 0 Å².